The first-order valence-electron chi connectivity index (χ1n) is 5.37. The first-order chi connectivity index (χ1) is 5.68. The van der Waals surface area contributed by atoms with Crippen LogP contribution in [-0.4, -0.2) is 25.0 Å². The molecule has 1 heterocycles. The lowest BCUT2D eigenvalue weighted by molar-refractivity contribution is 0.100. The second-order valence-electron chi connectivity index (χ2n) is 5.14. The van der Waals surface area contributed by atoms with Crippen molar-refractivity contribution < 1.29 is 0 Å². The van der Waals surface area contributed by atoms with Gasteiger partial charge >= 0.3 is 0 Å². The summed E-state index contributed by atoms with van der Waals surface area (Å²) < 4.78 is 0. The molecule has 1 heteroatoms. The lowest BCUT2D eigenvalue weighted by Gasteiger charge is -2.38. The summed E-state index contributed by atoms with van der Waals surface area (Å²) in [4.78, 5) is 2.53. The fourth-order valence-electron chi connectivity index (χ4n) is 3.59. The minimum atomic E-state index is 0.913. The summed E-state index contributed by atoms with van der Waals surface area (Å²) in [7, 11) is 2.28. The Bertz CT molecular complexity index is 150. The number of hydrogen-bond acceptors (Lipinski definition) is 1. The van der Waals surface area contributed by atoms with E-state index in [1.807, 2.05) is 0 Å². The summed E-state index contributed by atoms with van der Waals surface area (Å²) in [5.74, 6) is 4.00. The highest BCUT2D eigenvalue weighted by Crippen LogP contribution is 2.45. The molecule has 12 heavy (non-hydrogen) atoms. The van der Waals surface area contributed by atoms with Crippen LogP contribution in [0.15, 0.2) is 0 Å². The minimum absolute atomic E-state index is 0.913. The van der Waals surface area contributed by atoms with E-state index in [1.165, 1.54) is 25.9 Å². The lowest BCUT2D eigenvalue weighted by Crippen LogP contribution is -2.41. The van der Waals surface area contributed by atoms with E-state index in [0.717, 1.165) is 23.7 Å². The maximum Gasteiger partial charge on any atom is 0.000958 e. The molecule has 0 aromatic carbocycles. The van der Waals surface area contributed by atoms with E-state index in [2.05, 4.69) is 25.8 Å². The Morgan fingerprint density at radius 3 is 2.00 bits per heavy atom. The molecule has 3 atom stereocenters. The van der Waals surface area contributed by atoms with Crippen LogP contribution in [0.25, 0.3) is 0 Å². The molecule has 0 N–H and O–H groups in total. The molecule has 0 amide bonds. The minimum Gasteiger partial charge on any atom is -0.306 e. The molecule has 1 saturated heterocycles. The van der Waals surface area contributed by atoms with Gasteiger partial charge < -0.3 is 4.90 Å². The van der Waals surface area contributed by atoms with Crippen LogP contribution >= 0.6 is 0 Å². The fourth-order valence-corrected chi connectivity index (χ4v) is 3.59. The normalized spacial score (nSPS) is 42.5. The predicted molar refractivity (Wildman–Crippen MR) is 52.0 cm³/mol. The van der Waals surface area contributed by atoms with E-state index in [0.29, 0.717) is 0 Å². The molecule has 0 aromatic heterocycles. The number of piperidine rings is 1. The molecular formula is C11H21N. The first kappa shape index (κ1) is 8.55. The lowest BCUT2D eigenvalue weighted by atomic mass is 9.78. The van der Waals surface area contributed by atoms with E-state index in [4.69, 9.17) is 0 Å². The van der Waals surface area contributed by atoms with E-state index in [9.17, 15) is 0 Å². The Morgan fingerprint density at radius 2 is 1.58 bits per heavy atom. The Hall–Kier alpha value is -0.0400. The van der Waals surface area contributed by atoms with Crippen molar-refractivity contribution in [3.05, 3.63) is 0 Å². The molecule has 2 rings (SSSR count). The zero-order valence-electron chi connectivity index (χ0n) is 8.59. The van der Waals surface area contributed by atoms with Gasteiger partial charge in [-0.2, -0.15) is 0 Å². The van der Waals surface area contributed by atoms with E-state index < -0.39 is 0 Å². The Balaban J connectivity index is 2.09. The first-order valence-corrected chi connectivity index (χ1v) is 5.37. The average Bonchev–Trinajstić information content (AvgIpc) is 2.24. The van der Waals surface area contributed by atoms with Crippen molar-refractivity contribution in [2.45, 2.75) is 26.7 Å². The summed E-state index contributed by atoms with van der Waals surface area (Å²) >= 11 is 0. The van der Waals surface area contributed by atoms with Crippen molar-refractivity contribution in [3.8, 4) is 0 Å². The van der Waals surface area contributed by atoms with Crippen LogP contribution in [0.5, 0.6) is 0 Å². The van der Waals surface area contributed by atoms with E-state index in [-0.39, 0.29) is 0 Å². The van der Waals surface area contributed by atoms with Gasteiger partial charge in [0, 0.05) is 13.1 Å². The third-order valence-corrected chi connectivity index (χ3v) is 3.86. The molecule has 1 aliphatic carbocycles. The summed E-state index contributed by atoms with van der Waals surface area (Å²) in [6, 6.07) is 0. The molecular weight excluding hydrogens is 146 g/mol. The highest BCUT2D eigenvalue weighted by atomic mass is 15.1. The Kier molecular flexibility index (Phi) is 2.16. The Morgan fingerprint density at radius 1 is 1.08 bits per heavy atom. The van der Waals surface area contributed by atoms with Crippen molar-refractivity contribution in [3.63, 3.8) is 0 Å². The summed E-state index contributed by atoms with van der Waals surface area (Å²) in [6.45, 7) is 7.53. The zero-order valence-corrected chi connectivity index (χ0v) is 8.59. The second-order valence-corrected chi connectivity index (χ2v) is 5.14. The third-order valence-electron chi connectivity index (χ3n) is 3.86. The maximum absolute atomic E-state index is 2.53. The largest absolute Gasteiger partial charge is 0.306 e. The van der Waals surface area contributed by atoms with Crippen molar-refractivity contribution in [1.29, 1.82) is 0 Å². The SMILES string of the molecule is CC(C)[C@@H]1[C@@H]2CC[C@H]1CN(C)C2. The quantitative estimate of drug-likeness (QED) is 0.579. The van der Waals surface area contributed by atoms with Gasteiger partial charge in [0.1, 0.15) is 0 Å². The molecule has 0 aromatic rings. The van der Waals surface area contributed by atoms with E-state index in [1.54, 1.807) is 0 Å². The van der Waals surface area contributed by atoms with Crippen LogP contribution in [0.4, 0.5) is 0 Å². The van der Waals surface area contributed by atoms with Crippen LogP contribution in [0.2, 0.25) is 0 Å². The molecule has 2 bridgehead atoms. The van der Waals surface area contributed by atoms with Gasteiger partial charge in [0.2, 0.25) is 0 Å². The predicted octanol–water partition coefficient (Wildman–Crippen LogP) is 2.23. The van der Waals surface area contributed by atoms with Gasteiger partial charge in [0.05, 0.1) is 0 Å². The van der Waals surface area contributed by atoms with Crippen molar-refractivity contribution in [2.75, 3.05) is 20.1 Å². The molecule has 2 fully saturated rings. The standard InChI is InChI=1S/C11H21N/c1-8(2)11-9-4-5-10(11)7-12(3)6-9/h8-11H,4-7H2,1-3H3/t9-,10+,11-. The van der Waals surface area contributed by atoms with Crippen molar-refractivity contribution >= 4 is 0 Å². The average molecular weight is 167 g/mol. The second kappa shape index (κ2) is 3.02. The summed E-state index contributed by atoms with van der Waals surface area (Å²) in [5.41, 5.74) is 0. The van der Waals surface area contributed by atoms with Crippen LogP contribution < -0.4 is 0 Å². The molecule has 0 radical (unpaired) electrons. The number of rotatable bonds is 1. The number of likely N-dealkylation sites (tertiary alicyclic amines) is 1. The maximum atomic E-state index is 2.53. The van der Waals surface area contributed by atoms with Gasteiger partial charge in [0.25, 0.3) is 0 Å². The van der Waals surface area contributed by atoms with Crippen LogP contribution in [0.3, 0.4) is 0 Å². The van der Waals surface area contributed by atoms with Gasteiger partial charge in [-0.05, 0) is 43.6 Å². The van der Waals surface area contributed by atoms with Crippen LogP contribution in [0, 0.1) is 23.7 Å². The summed E-state index contributed by atoms with van der Waals surface area (Å²) in [5, 5.41) is 0. The number of fused-ring (bicyclic) bond motifs is 2. The van der Waals surface area contributed by atoms with E-state index >= 15 is 0 Å². The van der Waals surface area contributed by atoms with Gasteiger partial charge in [-0.25, -0.2) is 0 Å². The van der Waals surface area contributed by atoms with Crippen LogP contribution in [0.1, 0.15) is 26.7 Å². The van der Waals surface area contributed by atoms with Gasteiger partial charge in [0.15, 0.2) is 0 Å². The van der Waals surface area contributed by atoms with Gasteiger partial charge in [-0.3, -0.25) is 0 Å². The van der Waals surface area contributed by atoms with Gasteiger partial charge in [-0.1, -0.05) is 13.8 Å². The van der Waals surface area contributed by atoms with Crippen LogP contribution in [-0.2, 0) is 0 Å². The zero-order chi connectivity index (χ0) is 8.72. The molecule has 1 nitrogen and oxygen atoms in total. The smallest absolute Gasteiger partial charge is 0.000958 e. The monoisotopic (exact) mass is 167 g/mol. The highest BCUT2D eigenvalue weighted by Gasteiger charge is 2.41. The summed E-state index contributed by atoms with van der Waals surface area (Å²) in [6.07, 6.45) is 3.00. The highest BCUT2D eigenvalue weighted by molar-refractivity contribution is 4.92. The molecule has 0 spiro atoms. The molecule has 1 aliphatic heterocycles. The van der Waals surface area contributed by atoms with Gasteiger partial charge in [-0.15, -0.1) is 0 Å². The van der Waals surface area contributed by atoms with Crippen molar-refractivity contribution in [2.24, 2.45) is 23.7 Å². The van der Waals surface area contributed by atoms with Crippen molar-refractivity contribution in [1.82, 2.24) is 4.90 Å². The number of hydrogen-bond donors (Lipinski definition) is 0. The fraction of sp³-hybridized carbons (Fsp3) is 1.00. The molecule has 0 unspecified atom stereocenters. The Labute approximate surface area is 76.1 Å². The molecule has 1 saturated carbocycles. The third kappa shape index (κ3) is 1.28. The topological polar surface area (TPSA) is 3.24 Å². The number of nitrogens with zero attached hydrogens (tertiary/aromatic N) is 1. The molecule has 70 valence electrons. The molecule has 2 aliphatic rings.